The third-order valence-corrected chi connectivity index (χ3v) is 4.68. The average Bonchev–Trinajstić information content (AvgIpc) is 2.34. The summed E-state index contributed by atoms with van der Waals surface area (Å²) >= 11 is 0. The minimum Gasteiger partial charge on any atom is -0.392 e. The summed E-state index contributed by atoms with van der Waals surface area (Å²) < 4.78 is 52.6. The van der Waals surface area contributed by atoms with Crippen LogP contribution in [0.1, 0.15) is 27.7 Å². The number of hydrogen-bond donors (Lipinski definition) is 2. The van der Waals surface area contributed by atoms with Crippen LogP contribution in [0.4, 0.5) is 8.78 Å². The SMILES string of the molecule is CC(C)C(O)C(C)(C)CNS(=O)(=O)c1cc(F)cc(F)c1. The molecule has 1 aromatic carbocycles. The van der Waals surface area contributed by atoms with Gasteiger partial charge in [0.15, 0.2) is 0 Å². The predicted molar refractivity (Wildman–Crippen MR) is 76.2 cm³/mol. The molecule has 0 radical (unpaired) electrons. The summed E-state index contributed by atoms with van der Waals surface area (Å²) in [6.07, 6.45) is -0.718. The van der Waals surface area contributed by atoms with Crippen molar-refractivity contribution in [1.82, 2.24) is 4.72 Å². The first kappa shape index (κ1) is 18.0. The maximum absolute atomic E-state index is 13.1. The highest BCUT2D eigenvalue weighted by Gasteiger charge is 2.31. The van der Waals surface area contributed by atoms with Crippen molar-refractivity contribution in [2.24, 2.45) is 11.3 Å². The Hall–Kier alpha value is -1.05. The minimum atomic E-state index is -4.04. The van der Waals surface area contributed by atoms with Gasteiger partial charge in [-0.05, 0) is 18.1 Å². The van der Waals surface area contributed by atoms with Gasteiger partial charge in [0.05, 0.1) is 11.0 Å². The van der Waals surface area contributed by atoms with E-state index in [0.29, 0.717) is 6.07 Å². The third-order valence-electron chi connectivity index (χ3n) is 3.30. The number of sulfonamides is 1. The van der Waals surface area contributed by atoms with Gasteiger partial charge in [-0.25, -0.2) is 21.9 Å². The number of nitrogens with one attached hydrogen (secondary N) is 1. The van der Waals surface area contributed by atoms with Gasteiger partial charge in [0.1, 0.15) is 11.6 Å². The van der Waals surface area contributed by atoms with Gasteiger partial charge < -0.3 is 5.11 Å². The number of hydrogen-bond acceptors (Lipinski definition) is 3. The molecule has 21 heavy (non-hydrogen) atoms. The van der Waals surface area contributed by atoms with E-state index in [2.05, 4.69) is 4.72 Å². The van der Waals surface area contributed by atoms with Crippen molar-refractivity contribution in [3.05, 3.63) is 29.8 Å². The van der Waals surface area contributed by atoms with Crippen LogP contribution in [0.3, 0.4) is 0 Å². The zero-order valence-corrected chi connectivity index (χ0v) is 13.3. The van der Waals surface area contributed by atoms with E-state index in [-0.39, 0.29) is 12.5 Å². The summed E-state index contributed by atoms with van der Waals surface area (Å²) in [6.45, 7) is 7.03. The number of aliphatic hydroxyl groups is 1. The Labute approximate surface area is 124 Å². The lowest BCUT2D eigenvalue weighted by molar-refractivity contribution is 0.0166. The molecule has 0 spiro atoms. The second-order valence-electron chi connectivity index (χ2n) is 6.11. The van der Waals surface area contributed by atoms with Crippen LogP contribution in [0.5, 0.6) is 0 Å². The summed E-state index contributed by atoms with van der Waals surface area (Å²) in [5, 5.41) is 10.1. The Bertz CT molecular complexity index is 580. The number of halogens is 2. The lowest BCUT2D eigenvalue weighted by atomic mass is 9.81. The first-order valence-electron chi connectivity index (χ1n) is 6.59. The van der Waals surface area contributed by atoms with Crippen molar-refractivity contribution in [1.29, 1.82) is 0 Å². The molecule has 0 bridgehead atoms. The van der Waals surface area contributed by atoms with Gasteiger partial charge in [0.2, 0.25) is 10.0 Å². The molecule has 1 rings (SSSR count). The topological polar surface area (TPSA) is 66.4 Å². The molecule has 0 aliphatic carbocycles. The van der Waals surface area contributed by atoms with E-state index in [1.54, 1.807) is 13.8 Å². The molecule has 0 saturated carbocycles. The zero-order valence-electron chi connectivity index (χ0n) is 12.5. The Balaban J connectivity index is 2.91. The molecular weight excluding hydrogens is 300 g/mol. The molecule has 1 unspecified atom stereocenters. The number of rotatable bonds is 6. The standard InChI is InChI=1S/C14H21F2NO3S/c1-9(2)13(18)14(3,4)8-17-21(19,20)12-6-10(15)5-11(16)7-12/h5-7,9,13,17-18H,8H2,1-4H3. The van der Waals surface area contributed by atoms with E-state index in [1.165, 1.54) is 0 Å². The smallest absolute Gasteiger partial charge is 0.240 e. The highest BCUT2D eigenvalue weighted by Crippen LogP contribution is 2.26. The Morgan fingerprint density at radius 1 is 1.19 bits per heavy atom. The van der Waals surface area contributed by atoms with Crippen LogP contribution in [-0.2, 0) is 10.0 Å². The van der Waals surface area contributed by atoms with Gasteiger partial charge in [0.25, 0.3) is 0 Å². The Morgan fingerprint density at radius 2 is 1.67 bits per heavy atom. The summed E-state index contributed by atoms with van der Waals surface area (Å²) in [5.74, 6) is -1.97. The van der Waals surface area contributed by atoms with Crippen molar-refractivity contribution in [2.75, 3.05) is 6.54 Å². The maximum Gasteiger partial charge on any atom is 0.240 e. The molecule has 0 aliphatic heterocycles. The molecule has 0 amide bonds. The highest BCUT2D eigenvalue weighted by atomic mass is 32.2. The first-order chi connectivity index (χ1) is 9.45. The normalized spacial score (nSPS) is 14.5. The van der Waals surface area contributed by atoms with Gasteiger partial charge in [-0.15, -0.1) is 0 Å². The molecule has 1 aromatic rings. The second-order valence-corrected chi connectivity index (χ2v) is 7.87. The van der Waals surface area contributed by atoms with E-state index in [1.807, 2.05) is 13.8 Å². The van der Waals surface area contributed by atoms with Crippen LogP contribution in [0.25, 0.3) is 0 Å². The van der Waals surface area contributed by atoms with E-state index in [4.69, 9.17) is 0 Å². The van der Waals surface area contributed by atoms with Gasteiger partial charge in [-0.3, -0.25) is 0 Å². The van der Waals surface area contributed by atoms with E-state index in [0.717, 1.165) is 12.1 Å². The van der Waals surface area contributed by atoms with Gasteiger partial charge in [0, 0.05) is 18.0 Å². The molecule has 0 heterocycles. The molecule has 0 fully saturated rings. The molecule has 7 heteroatoms. The molecule has 1 atom stereocenters. The Morgan fingerprint density at radius 3 is 2.10 bits per heavy atom. The fraction of sp³-hybridized carbons (Fsp3) is 0.571. The molecule has 4 nitrogen and oxygen atoms in total. The molecule has 0 aliphatic rings. The van der Waals surface area contributed by atoms with Crippen LogP contribution in [-0.4, -0.2) is 26.2 Å². The van der Waals surface area contributed by atoms with Crippen molar-refractivity contribution >= 4 is 10.0 Å². The summed E-state index contributed by atoms with van der Waals surface area (Å²) in [6, 6.07) is 2.10. The van der Waals surface area contributed by atoms with Crippen LogP contribution in [0, 0.1) is 23.0 Å². The molecule has 2 N–H and O–H groups in total. The van der Waals surface area contributed by atoms with Crippen molar-refractivity contribution in [2.45, 2.75) is 38.7 Å². The van der Waals surface area contributed by atoms with Crippen molar-refractivity contribution in [3.8, 4) is 0 Å². The van der Waals surface area contributed by atoms with Crippen LogP contribution >= 0.6 is 0 Å². The molecule has 0 saturated heterocycles. The fourth-order valence-corrected chi connectivity index (χ4v) is 3.32. The molecule has 0 aromatic heterocycles. The van der Waals surface area contributed by atoms with Crippen molar-refractivity contribution in [3.63, 3.8) is 0 Å². The highest BCUT2D eigenvalue weighted by molar-refractivity contribution is 7.89. The summed E-state index contributed by atoms with van der Waals surface area (Å²) in [4.78, 5) is -0.477. The largest absolute Gasteiger partial charge is 0.392 e. The van der Waals surface area contributed by atoms with E-state index >= 15 is 0 Å². The number of aliphatic hydroxyl groups excluding tert-OH is 1. The van der Waals surface area contributed by atoms with Crippen LogP contribution in [0.15, 0.2) is 23.1 Å². The lowest BCUT2D eigenvalue weighted by Gasteiger charge is -2.33. The monoisotopic (exact) mass is 321 g/mol. The van der Waals surface area contributed by atoms with Gasteiger partial charge in [-0.1, -0.05) is 27.7 Å². The number of benzene rings is 1. The summed E-state index contributed by atoms with van der Waals surface area (Å²) in [7, 11) is -4.04. The summed E-state index contributed by atoms with van der Waals surface area (Å²) in [5.41, 5.74) is -0.715. The van der Waals surface area contributed by atoms with Crippen LogP contribution in [0.2, 0.25) is 0 Å². The third kappa shape index (κ3) is 4.72. The Kier molecular flexibility index (Phi) is 5.46. The van der Waals surface area contributed by atoms with Crippen molar-refractivity contribution < 1.29 is 22.3 Å². The fourth-order valence-electron chi connectivity index (χ4n) is 2.05. The van der Waals surface area contributed by atoms with Gasteiger partial charge in [-0.2, -0.15) is 0 Å². The molecule has 120 valence electrons. The quantitative estimate of drug-likeness (QED) is 0.845. The zero-order chi connectivity index (χ0) is 16.4. The van der Waals surface area contributed by atoms with Gasteiger partial charge >= 0.3 is 0 Å². The maximum atomic E-state index is 13.1. The first-order valence-corrected chi connectivity index (χ1v) is 8.08. The second kappa shape index (κ2) is 6.37. The minimum absolute atomic E-state index is 0.0453. The molecular formula is C14H21F2NO3S. The van der Waals surface area contributed by atoms with Crippen LogP contribution < -0.4 is 4.72 Å². The van der Waals surface area contributed by atoms with E-state index in [9.17, 15) is 22.3 Å². The lowest BCUT2D eigenvalue weighted by Crippen LogP contribution is -2.43. The van der Waals surface area contributed by atoms with E-state index < -0.39 is 38.1 Å². The predicted octanol–water partition coefficient (Wildman–Crippen LogP) is 2.29. The average molecular weight is 321 g/mol.